The Morgan fingerprint density at radius 3 is 2.46 bits per heavy atom. The van der Waals surface area contributed by atoms with Crippen LogP contribution in [0, 0.1) is 0 Å². The summed E-state index contributed by atoms with van der Waals surface area (Å²) in [5, 5.41) is 9.16. The van der Waals surface area contributed by atoms with Gasteiger partial charge in [-0.25, -0.2) is 5.43 Å². The molecule has 0 aromatic heterocycles. The normalized spacial score (nSPS) is 10.9. The van der Waals surface area contributed by atoms with Gasteiger partial charge in [-0.3, -0.25) is 9.59 Å². The van der Waals surface area contributed by atoms with E-state index in [1.807, 2.05) is 24.3 Å². The Labute approximate surface area is 231 Å². The second kappa shape index (κ2) is 12.1. The second-order valence-electron chi connectivity index (χ2n) is 7.77. The highest BCUT2D eigenvalue weighted by Gasteiger charge is 2.15. The van der Waals surface area contributed by atoms with Crippen LogP contribution >= 0.6 is 39.1 Å². The van der Waals surface area contributed by atoms with Crippen molar-refractivity contribution in [2.45, 2.75) is 6.61 Å². The molecule has 188 valence electrons. The number of ether oxygens (including phenoxy) is 2. The number of nitrogens with zero attached hydrogens (tertiary/aromatic N) is 1. The largest absolute Gasteiger partial charge is 0.493 e. The standard InChI is InChI=1S/C27H20BrCl2N3O4/c1-36-24-10-16(14-31-33-27(35)26(34)32-21-12-19(29)11-20(30)13-21)9-23(28)25(24)37-15-18-7-4-6-17-5-2-3-8-22(17)18/h2-14H,15H2,1H3,(H,32,34)(H,33,35)/b31-14+. The molecule has 0 heterocycles. The van der Waals surface area contributed by atoms with E-state index in [9.17, 15) is 9.59 Å². The van der Waals surface area contributed by atoms with Gasteiger partial charge in [0.1, 0.15) is 6.61 Å². The molecule has 0 aliphatic carbocycles. The van der Waals surface area contributed by atoms with Gasteiger partial charge in [-0.1, -0.05) is 65.7 Å². The summed E-state index contributed by atoms with van der Waals surface area (Å²) in [4.78, 5) is 24.2. The van der Waals surface area contributed by atoms with E-state index in [-0.39, 0.29) is 5.69 Å². The molecule has 0 unspecified atom stereocenters. The predicted octanol–water partition coefficient (Wildman–Crippen LogP) is 6.59. The summed E-state index contributed by atoms with van der Waals surface area (Å²) in [6, 6.07) is 22.1. The fraction of sp³-hybridized carbons (Fsp3) is 0.0741. The van der Waals surface area contributed by atoms with E-state index in [4.69, 9.17) is 32.7 Å². The first-order valence-corrected chi connectivity index (χ1v) is 12.5. The van der Waals surface area contributed by atoms with Gasteiger partial charge >= 0.3 is 11.8 Å². The molecule has 0 aliphatic heterocycles. The summed E-state index contributed by atoms with van der Waals surface area (Å²) < 4.78 is 12.2. The van der Waals surface area contributed by atoms with Crippen molar-refractivity contribution in [3.63, 3.8) is 0 Å². The molecule has 0 saturated heterocycles. The Morgan fingerprint density at radius 2 is 1.70 bits per heavy atom. The number of methoxy groups -OCH3 is 1. The number of benzene rings is 4. The zero-order valence-corrected chi connectivity index (χ0v) is 22.5. The van der Waals surface area contributed by atoms with Gasteiger partial charge in [0.05, 0.1) is 17.8 Å². The lowest BCUT2D eigenvalue weighted by atomic mass is 10.1. The molecule has 0 radical (unpaired) electrons. The summed E-state index contributed by atoms with van der Waals surface area (Å²) in [6.07, 6.45) is 1.38. The minimum Gasteiger partial charge on any atom is -0.493 e. The first-order chi connectivity index (χ1) is 17.8. The molecule has 0 aliphatic rings. The van der Waals surface area contributed by atoms with Gasteiger partial charge in [0.2, 0.25) is 0 Å². The maximum absolute atomic E-state index is 12.1. The smallest absolute Gasteiger partial charge is 0.329 e. The number of carbonyl (C=O) groups excluding carboxylic acids is 2. The van der Waals surface area contributed by atoms with Crippen LogP contribution in [0.1, 0.15) is 11.1 Å². The average Bonchev–Trinajstić information content (AvgIpc) is 2.87. The van der Waals surface area contributed by atoms with Crippen molar-refractivity contribution in [3.05, 3.63) is 98.4 Å². The van der Waals surface area contributed by atoms with Gasteiger partial charge in [-0.2, -0.15) is 5.10 Å². The number of amides is 2. The van der Waals surface area contributed by atoms with E-state index < -0.39 is 11.8 Å². The molecule has 7 nitrogen and oxygen atoms in total. The third kappa shape index (κ3) is 6.80. The van der Waals surface area contributed by atoms with Crippen LogP contribution in [0.3, 0.4) is 0 Å². The monoisotopic (exact) mass is 599 g/mol. The van der Waals surface area contributed by atoms with Crippen molar-refractivity contribution in [1.29, 1.82) is 0 Å². The van der Waals surface area contributed by atoms with Crippen molar-refractivity contribution in [2.24, 2.45) is 5.10 Å². The van der Waals surface area contributed by atoms with Gasteiger partial charge < -0.3 is 14.8 Å². The molecule has 37 heavy (non-hydrogen) atoms. The van der Waals surface area contributed by atoms with Crippen LogP contribution in [-0.2, 0) is 16.2 Å². The topological polar surface area (TPSA) is 89.0 Å². The number of halogens is 3. The number of rotatable bonds is 7. The Balaban J connectivity index is 1.41. The van der Waals surface area contributed by atoms with Crippen molar-refractivity contribution in [3.8, 4) is 11.5 Å². The third-order valence-corrected chi connectivity index (χ3v) is 6.24. The van der Waals surface area contributed by atoms with Gasteiger partial charge in [0.25, 0.3) is 0 Å². The Bertz CT molecular complexity index is 1490. The van der Waals surface area contributed by atoms with E-state index in [1.54, 1.807) is 12.1 Å². The van der Waals surface area contributed by atoms with E-state index >= 15 is 0 Å². The van der Waals surface area contributed by atoms with Crippen molar-refractivity contribution in [1.82, 2.24) is 5.43 Å². The van der Waals surface area contributed by atoms with Crippen LogP contribution < -0.4 is 20.2 Å². The summed E-state index contributed by atoms with van der Waals surface area (Å²) >= 11 is 15.3. The van der Waals surface area contributed by atoms with Gasteiger partial charge in [0.15, 0.2) is 11.5 Å². The average molecular weight is 601 g/mol. The molecular formula is C27H20BrCl2N3O4. The molecule has 0 atom stereocenters. The molecule has 0 spiro atoms. The quantitative estimate of drug-likeness (QED) is 0.142. The molecular weight excluding hydrogens is 581 g/mol. The predicted molar refractivity (Wildman–Crippen MR) is 150 cm³/mol. The highest BCUT2D eigenvalue weighted by atomic mass is 79.9. The van der Waals surface area contributed by atoms with E-state index in [0.717, 1.165) is 16.3 Å². The first kappa shape index (κ1) is 26.5. The molecule has 2 amide bonds. The van der Waals surface area contributed by atoms with Crippen molar-refractivity contribution >= 4 is 73.6 Å². The molecule has 4 rings (SSSR count). The van der Waals surface area contributed by atoms with Crippen LogP contribution in [0.15, 0.2) is 82.4 Å². The molecule has 2 N–H and O–H groups in total. The van der Waals surface area contributed by atoms with Gasteiger partial charge in [-0.15, -0.1) is 0 Å². The number of hydrogen-bond donors (Lipinski definition) is 2. The lowest BCUT2D eigenvalue weighted by Crippen LogP contribution is -2.32. The SMILES string of the molecule is COc1cc(/C=N/NC(=O)C(=O)Nc2cc(Cl)cc(Cl)c2)cc(Br)c1OCc1cccc2ccccc12. The van der Waals surface area contributed by atoms with Crippen LogP contribution in [0.5, 0.6) is 11.5 Å². The number of nitrogens with one attached hydrogen (secondary N) is 2. The van der Waals surface area contributed by atoms with Crippen molar-refractivity contribution < 1.29 is 19.1 Å². The molecule has 4 aromatic rings. The maximum Gasteiger partial charge on any atom is 0.329 e. The lowest BCUT2D eigenvalue weighted by Gasteiger charge is -2.14. The summed E-state index contributed by atoms with van der Waals surface area (Å²) in [7, 11) is 1.53. The zero-order chi connectivity index (χ0) is 26.4. The highest BCUT2D eigenvalue weighted by molar-refractivity contribution is 9.10. The summed E-state index contributed by atoms with van der Waals surface area (Å²) in [5.41, 5.74) is 4.11. The first-order valence-electron chi connectivity index (χ1n) is 10.9. The Kier molecular flexibility index (Phi) is 8.66. The second-order valence-corrected chi connectivity index (χ2v) is 9.50. The van der Waals surface area contributed by atoms with Crippen LogP contribution in [0.2, 0.25) is 10.0 Å². The fourth-order valence-electron chi connectivity index (χ4n) is 3.55. The van der Waals surface area contributed by atoms with Gasteiger partial charge in [0, 0.05) is 15.7 Å². The number of carbonyl (C=O) groups is 2. The fourth-order valence-corrected chi connectivity index (χ4v) is 4.65. The molecule has 10 heteroatoms. The maximum atomic E-state index is 12.1. The number of hydrogen-bond acceptors (Lipinski definition) is 5. The molecule has 0 bridgehead atoms. The Hall–Kier alpha value is -3.59. The molecule has 0 saturated carbocycles. The minimum atomic E-state index is -0.964. The highest BCUT2D eigenvalue weighted by Crippen LogP contribution is 2.37. The molecule has 0 fully saturated rings. The zero-order valence-electron chi connectivity index (χ0n) is 19.4. The number of anilines is 1. The van der Waals surface area contributed by atoms with Crippen LogP contribution in [-0.4, -0.2) is 25.1 Å². The third-order valence-electron chi connectivity index (χ3n) is 5.21. The molecule has 4 aromatic carbocycles. The number of hydrazone groups is 1. The Morgan fingerprint density at radius 1 is 0.973 bits per heavy atom. The minimum absolute atomic E-state index is 0.286. The van der Waals surface area contributed by atoms with Crippen molar-refractivity contribution in [2.75, 3.05) is 12.4 Å². The van der Waals surface area contributed by atoms with Crippen LogP contribution in [0.25, 0.3) is 10.8 Å². The number of fused-ring (bicyclic) bond motifs is 1. The van der Waals surface area contributed by atoms with Crippen LogP contribution in [0.4, 0.5) is 5.69 Å². The summed E-state index contributed by atoms with van der Waals surface area (Å²) in [6.45, 7) is 0.340. The van der Waals surface area contributed by atoms with E-state index in [0.29, 0.717) is 38.2 Å². The van der Waals surface area contributed by atoms with E-state index in [2.05, 4.69) is 50.0 Å². The van der Waals surface area contributed by atoms with Gasteiger partial charge in [-0.05, 0) is 68.2 Å². The summed E-state index contributed by atoms with van der Waals surface area (Å²) in [5.74, 6) is -0.894. The van der Waals surface area contributed by atoms with E-state index in [1.165, 1.54) is 31.5 Å². The lowest BCUT2D eigenvalue weighted by molar-refractivity contribution is -0.136.